The van der Waals surface area contributed by atoms with E-state index in [4.69, 9.17) is 4.55 Å². The molecule has 1 aliphatic heterocycles. The Bertz CT molecular complexity index is 393. The largest absolute Gasteiger partial charge is 0.289 e. The molecule has 0 aromatic rings. The molecule has 1 rings (SSSR count). The summed E-state index contributed by atoms with van der Waals surface area (Å²) < 4.78 is 29.8. The molecule has 1 aliphatic rings. The Labute approximate surface area is 74.4 Å². The summed E-state index contributed by atoms with van der Waals surface area (Å²) in [7, 11) is -4.32. The van der Waals surface area contributed by atoms with Crippen LogP contribution in [0.5, 0.6) is 0 Å². The number of amides is 2. The van der Waals surface area contributed by atoms with Crippen LogP contribution in [0.4, 0.5) is 0 Å². The van der Waals surface area contributed by atoms with Gasteiger partial charge in [0, 0.05) is 11.6 Å². The Morgan fingerprint density at radius 1 is 1.46 bits per heavy atom. The Morgan fingerprint density at radius 2 is 2.00 bits per heavy atom. The second-order valence-corrected chi connectivity index (χ2v) is 4.31. The number of rotatable bonds is 2. The van der Waals surface area contributed by atoms with Crippen molar-refractivity contribution >= 4 is 21.9 Å². The van der Waals surface area contributed by atoms with E-state index in [1.807, 2.05) is 5.32 Å². The highest BCUT2D eigenvalue weighted by molar-refractivity contribution is 7.86. The van der Waals surface area contributed by atoms with Gasteiger partial charge < -0.3 is 0 Å². The van der Waals surface area contributed by atoms with Crippen molar-refractivity contribution in [2.75, 3.05) is 0 Å². The van der Waals surface area contributed by atoms with Crippen LogP contribution < -0.4 is 5.32 Å². The molecule has 7 heteroatoms. The van der Waals surface area contributed by atoms with E-state index in [1.54, 1.807) is 0 Å². The number of hydrogen-bond acceptors (Lipinski definition) is 4. The zero-order chi connectivity index (χ0) is 10.2. The van der Waals surface area contributed by atoms with Gasteiger partial charge in [-0.3, -0.25) is 19.5 Å². The molecule has 2 amide bonds. The van der Waals surface area contributed by atoms with Crippen LogP contribution >= 0.6 is 0 Å². The first-order valence-corrected chi connectivity index (χ1v) is 4.86. The quantitative estimate of drug-likeness (QED) is 0.437. The van der Waals surface area contributed by atoms with Crippen molar-refractivity contribution in [2.24, 2.45) is 0 Å². The fourth-order valence-electron chi connectivity index (χ4n) is 0.889. The number of hydrogen-bond donors (Lipinski definition) is 2. The maximum absolute atomic E-state index is 10.9. The van der Waals surface area contributed by atoms with Crippen LogP contribution in [0.25, 0.3) is 0 Å². The van der Waals surface area contributed by atoms with Gasteiger partial charge in [0.1, 0.15) is 5.25 Å². The van der Waals surface area contributed by atoms with E-state index in [9.17, 15) is 18.0 Å². The van der Waals surface area contributed by atoms with Crippen molar-refractivity contribution in [3.63, 3.8) is 0 Å². The van der Waals surface area contributed by atoms with Crippen molar-refractivity contribution in [2.45, 2.75) is 12.2 Å². The molecule has 13 heavy (non-hydrogen) atoms. The molecule has 0 saturated heterocycles. The van der Waals surface area contributed by atoms with Crippen LogP contribution in [0.15, 0.2) is 11.6 Å². The topological polar surface area (TPSA) is 101 Å². The average Bonchev–Trinajstić information content (AvgIpc) is 2.26. The number of nitrogens with one attached hydrogen (secondary N) is 1. The zero-order valence-corrected chi connectivity index (χ0v) is 7.46. The Hall–Kier alpha value is -1.21. The monoisotopic (exact) mass is 205 g/mol. The standard InChI is InChI=1S/C6H7NO5S/c1-3(13(10,11)12)4-2-5(8)7-6(4)9/h2-3H,1H3,(H,7,8,9)(H,10,11,12). The first kappa shape index (κ1) is 9.87. The summed E-state index contributed by atoms with van der Waals surface area (Å²) in [5.41, 5.74) is -0.243. The smallest absolute Gasteiger partial charge is 0.271 e. The van der Waals surface area contributed by atoms with Crippen LogP contribution in [0, 0.1) is 0 Å². The maximum atomic E-state index is 10.9. The second kappa shape index (κ2) is 2.93. The lowest BCUT2D eigenvalue weighted by molar-refractivity contribution is -0.123. The Kier molecular flexibility index (Phi) is 2.22. The predicted octanol–water partition coefficient (Wildman–Crippen LogP) is -1.15. The van der Waals surface area contributed by atoms with Crippen molar-refractivity contribution < 1.29 is 22.6 Å². The van der Waals surface area contributed by atoms with Crippen LogP contribution in [-0.2, 0) is 19.7 Å². The van der Waals surface area contributed by atoms with E-state index in [-0.39, 0.29) is 5.57 Å². The fourth-order valence-corrected chi connectivity index (χ4v) is 1.39. The molecule has 0 radical (unpaired) electrons. The molecular formula is C6H7NO5S. The highest BCUT2D eigenvalue weighted by Gasteiger charge is 2.32. The molecule has 2 N–H and O–H groups in total. The SMILES string of the molecule is CC(C1=CC(=O)NC1=O)S(=O)(=O)O. The van der Waals surface area contributed by atoms with Crippen molar-refractivity contribution in [1.29, 1.82) is 0 Å². The van der Waals surface area contributed by atoms with Crippen molar-refractivity contribution in [3.8, 4) is 0 Å². The van der Waals surface area contributed by atoms with E-state index in [0.717, 1.165) is 13.0 Å². The summed E-state index contributed by atoms with van der Waals surface area (Å²) in [4.78, 5) is 21.5. The number of carbonyl (C=O) groups excluding carboxylic acids is 2. The Morgan fingerprint density at radius 3 is 2.31 bits per heavy atom. The zero-order valence-electron chi connectivity index (χ0n) is 6.64. The molecule has 1 atom stereocenters. The molecule has 72 valence electrons. The average molecular weight is 205 g/mol. The van der Waals surface area contributed by atoms with Crippen LogP contribution in [0.2, 0.25) is 0 Å². The molecule has 1 heterocycles. The molecular weight excluding hydrogens is 198 g/mol. The van der Waals surface area contributed by atoms with Crippen LogP contribution in [0.3, 0.4) is 0 Å². The van der Waals surface area contributed by atoms with Gasteiger partial charge in [0.05, 0.1) is 0 Å². The molecule has 1 unspecified atom stereocenters. The molecule has 0 spiro atoms. The molecule has 0 aromatic carbocycles. The van der Waals surface area contributed by atoms with Crippen molar-refractivity contribution in [1.82, 2.24) is 5.32 Å². The van der Waals surface area contributed by atoms with Gasteiger partial charge in [-0.1, -0.05) is 0 Å². The van der Waals surface area contributed by atoms with Crippen LogP contribution in [0.1, 0.15) is 6.92 Å². The van der Waals surface area contributed by atoms with E-state index >= 15 is 0 Å². The summed E-state index contributed by atoms with van der Waals surface area (Å²) in [6, 6.07) is 0. The van der Waals surface area contributed by atoms with Gasteiger partial charge in [0.15, 0.2) is 0 Å². The third kappa shape index (κ3) is 1.93. The van der Waals surface area contributed by atoms with Crippen molar-refractivity contribution in [3.05, 3.63) is 11.6 Å². The highest BCUT2D eigenvalue weighted by atomic mass is 32.2. The first-order chi connectivity index (χ1) is 5.82. The van der Waals surface area contributed by atoms with Gasteiger partial charge in [-0.15, -0.1) is 0 Å². The van der Waals surface area contributed by atoms with Gasteiger partial charge in [-0.25, -0.2) is 0 Å². The minimum Gasteiger partial charge on any atom is -0.289 e. The predicted molar refractivity (Wildman–Crippen MR) is 42.2 cm³/mol. The van der Waals surface area contributed by atoms with E-state index in [1.165, 1.54) is 0 Å². The van der Waals surface area contributed by atoms with E-state index in [2.05, 4.69) is 0 Å². The van der Waals surface area contributed by atoms with Gasteiger partial charge in [-0.05, 0) is 6.92 Å². The molecule has 0 aliphatic carbocycles. The summed E-state index contributed by atoms with van der Waals surface area (Å²) in [6.07, 6.45) is 0.862. The minimum absolute atomic E-state index is 0.243. The fraction of sp³-hybridized carbons (Fsp3) is 0.333. The second-order valence-electron chi connectivity index (χ2n) is 2.58. The summed E-state index contributed by atoms with van der Waals surface area (Å²) >= 11 is 0. The summed E-state index contributed by atoms with van der Waals surface area (Å²) in [5, 5.41) is 0.498. The molecule has 6 nitrogen and oxygen atoms in total. The third-order valence-electron chi connectivity index (χ3n) is 1.67. The van der Waals surface area contributed by atoms with Crippen LogP contribution in [-0.4, -0.2) is 30.0 Å². The number of carbonyl (C=O) groups is 2. The lowest BCUT2D eigenvalue weighted by atomic mass is 10.2. The maximum Gasteiger partial charge on any atom is 0.271 e. The molecule has 0 bridgehead atoms. The minimum atomic E-state index is -4.32. The first-order valence-electron chi connectivity index (χ1n) is 3.35. The highest BCUT2D eigenvalue weighted by Crippen LogP contribution is 2.14. The Balaban J connectivity index is 3.04. The lowest BCUT2D eigenvalue weighted by Crippen LogP contribution is -2.28. The molecule has 0 aromatic heterocycles. The van der Waals surface area contributed by atoms with Gasteiger partial charge in [0.25, 0.3) is 21.9 Å². The van der Waals surface area contributed by atoms with Gasteiger partial charge in [-0.2, -0.15) is 8.42 Å². The van der Waals surface area contributed by atoms with E-state index < -0.39 is 27.2 Å². The normalized spacial score (nSPS) is 19.7. The number of imide groups is 1. The molecule has 0 saturated carbocycles. The summed E-state index contributed by atoms with van der Waals surface area (Å²) in [6.45, 7) is 1.12. The summed E-state index contributed by atoms with van der Waals surface area (Å²) in [5.74, 6) is -1.45. The lowest BCUT2D eigenvalue weighted by Gasteiger charge is -2.05. The molecule has 0 fully saturated rings. The third-order valence-corrected chi connectivity index (χ3v) is 2.82. The van der Waals surface area contributed by atoms with E-state index in [0.29, 0.717) is 0 Å². The van der Waals surface area contributed by atoms with Gasteiger partial charge >= 0.3 is 0 Å². The van der Waals surface area contributed by atoms with Gasteiger partial charge in [0.2, 0.25) is 0 Å².